The summed E-state index contributed by atoms with van der Waals surface area (Å²) in [5.74, 6) is 0. The minimum atomic E-state index is -4.64. The van der Waals surface area contributed by atoms with Crippen molar-refractivity contribution in [2.24, 2.45) is 0 Å². The molecule has 0 radical (unpaired) electrons. The number of hydrogen-bond acceptors (Lipinski definition) is 5. The first-order valence-corrected chi connectivity index (χ1v) is 5.28. The molecule has 0 spiro atoms. The Morgan fingerprint density at radius 3 is 1.10 bits per heavy atom. The van der Waals surface area contributed by atoms with Gasteiger partial charge >= 0.3 is 33.1 Å². The molecule has 0 heterocycles. The van der Waals surface area contributed by atoms with Crippen molar-refractivity contribution < 1.29 is 44.5 Å². The molecule has 10 heavy (non-hydrogen) atoms. The van der Waals surface area contributed by atoms with E-state index in [1.165, 1.54) is 0 Å². The van der Waals surface area contributed by atoms with Gasteiger partial charge in [-0.05, 0) is 0 Å². The SMILES string of the molecule is N#N.O=P(O)(O)O.[O]=[W]=[O]. The quantitative estimate of drug-likeness (QED) is 0.368. The van der Waals surface area contributed by atoms with Crippen molar-refractivity contribution in [1.82, 2.24) is 0 Å². The molecule has 60 valence electrons. The van der Waals surface area contributed by atoms with E-state index < -0.39 is 26.3 Å². The van der Waals surface area contributed by atoms with Gasteiger partial charge in [-0.3, -0.25) is 0 Å². The molecule has 0 amide bonds. The Hall–Kier alpha value is -0.182. The van der Waals surface area contributed by atoms with Gasteiger partial charge in [-0.25, -0.2) is 4.57 Å². The molecule has 0 aliphatic carbocycles. The van der Waals surface area contributed by atoms with E-state index in [0.29, 0.717) is 0 Å². The summed E-state index contributed by atoms with van der Waals surface area (Å²) < 4.78 is 26.0. The number of hydrogen-bond donors (Lipinski definition) is 3. The van der Waals surface area contributed by atoms with Gasteiger partial charge in [0.2, 0.25) is 0 Å². The Labute approximate surface area is 63.7 Å². The van der Waals surface area contributed by atoms with Crippen LogP contribution in [-0.4, -0.2) is 14.7 Å². The van der Waals surface area contributed by atoms with Crippen LogP contribution in [0.15, 0.2) is 0 Å². The van der Waals surface area contributed by atoms with E-state index in [-0.39, 0.29) is 0 Å². The summed E-state index contributed by atoms with van der Waals surface area (Å²) in [6, 6.07) is 0. The summed E-state index contributed by atoms with van der Waals surface area (Å²) in [5, 5.41) is 12.0. The van der Waals surface area contributed by atoms with Crippen molar-refractivity contribution >= 4 is 7.82 Å². The first kappa shape index (κ1) is 16.4. The Morgan fingerprint density at radius 2 is 1.10 bits per heavy atom. The summed E-state index contributed by atoms with van der Waals surface area (Å²) in [7, 11) is -4.64. The van der Waals surface area contributed by atoms with Crippen LogP contribution >= 0.6 is 7.82 Å². The molecule has 0 bridgehead atoms. The maximum absolute atomic E-state index is 8.88. The zero-order chi connectivity index (χ0) is 9.21. The molecule has 0 rings (SSSR count). The van der Waals surface area contributed by atoms with E-state index in [9.17, 15) is 0 Å². The molecular formula is H3N2O6PW. The first-order valence-electron chi connectivity index (χ1n) is 1.32. The van der Waals surface area contributed by atoms with Crippen molar-refractivity contribution in [1.29, 1.82) is 10.8 Å². The molecule has 0 aliphatic rings. The fourth-order valence-corrected chi connectivity index (χ4v) is 0. The van der Waals surface area contributed by atoms with E-state index in [2.05, 4.69) is 0 Å². The van der Waals surface area contributed by atoms with Gasteiger partial charge in [0.05, 0.1) is 0 Å². The van der Waals surface area contributed by atoms with Gasteiger partial charge < -0.3 is 14.7 Å². The van der Waals surface area contributed by atoms with Crippen LogP contribution in [0.4, 0.5) is 0 Å². The Morgan fingerprint density at radius 1 is 1.10 bits per heavy atom. The topological polar surface area (TPSA) is 159 Å². The molecule has 0 saturated heterocycles. The van der Waals surface area contributed by atoms with Gasteiger partial charge in [-0.15, -0.1) is 0 Å². The average Bonchev–Trinajstić information content (AvgIpc) is 1.68. The van der Waals surface area contributed by atoms with Gasteiger partial charge in [0, 0.05) is 10.8 Å². The van der Waals surface area contributed by atoms with E-state index in [0.717, 1.165) is 0 Å². The molecule has 3 N–H and O–H groups in total. The normalized spacial score (nSPS) is 7.30. The third-order valence-electron chi connectivity index (χ3n) is 0. The second-order valence-corrected chi connectivity index (χ2v) is 2.10. The molecule has 0 fully saturated rings. The number of nitrogens with zero attached hydrogens (tertiary/aromatic N) is 2. The Kier molecular flexibility index (Phi) is 19.0. The Bertz CT molecular complexity index is 142. The monoisotopic (exact) mass is 342 g/mol. The summed E-state index contributed by atoms with van der Waals surface area (Å²) >= 11 is -2.25. The zero-order valence-electron chi connectivity index (χ0n) is 4.32. The van der Waals surface area contributed by atoms with Crippen LogP contribution in [0.1, 0.15) is 0 Å². The average molecular weight is 342 g/mol. The fourth-order valence-electron chi connectivity index (χ4n) is 0. The van der Waals surface area contributed by atoms with Crippen molar-refractivity contribution in [2.75, 3.05) is 0 Å². The van der Waals surface area contributed by atoms with Gasteiger partial charge in [0.25, 0.3) is 0 Å². The molecule has 8 nitrogen and oxygen atoms in total. The van der Waals surface area contributed by atoms with Crippen LogP contribution in [0.3, 0.4) is 0 Å². The van der Waals surface area contributed by atoms with Gasteiger partial charge in [0.15, 0.2) is 0 Å². The molecule has 0 aromatic heterocycles. The van der Waals surface area contributed by atoms with Crippen LogP contribution < -0.4 is 0 Å². The van der Waals surface area contributed by atoms with E-state index >= 15 is 0 Å². The predicted molar refractivity (Wildman–Crippen MR) is 19.1 cm³/mol. The van der Waals surface area contributed by atoms with Crippen LogP contribution in [0.5, 0.6) is 0 Å². The van der Waals surface area contributed by atoms with Gasteiger partial charge in [-0.1, -0.05) is 0 Å². The molecule has 0 aromatic rings. The van der Waals surface area contributed by atoms with Crippen LogP contribution in [-0.2, 0) is 29.8 Å². The summed E-state index contributed by atoms with van der Waals surface area (Å²) in [4.78, 5) is 21.6. The standard InChI is InChI=1S/N2.H3O4P.2O.W/c1-2;1-5(2,3)4;;;/h;(H3,1,2,3,4);;;. The third-order valence-corrected chi connectivity index (χ3v) is 0. The van der Waals surface area contributed by atoms with Crippen LogP contribution in [0, 0.1) is 10.8 Å². The minimum absolute atomic E-state index is 2.25. The second kappa shape index (κ2) is 11.6. The van der Waals surface area contributed by atoms with E-state index in [1.807, 2.05) is 0 Å². The molecule has 10 heteroatoms. The maximum atomic E-state index is 8.88. The number of rotatable bonds is 0. The zero-order valence-corrected chi connectivity index (χ0v) is 8.14. The number of phosphoric acid groups is 1. The second-order valence-electron chi connectivity index (χ2n) is 0.581. The van der Waals surface area contributed by atoms with E-state index in [4.69, 9.17) is 36.8 Å². The first-order chi connectivity index (χ1) is 4.41. The summed E-state index contributed by atoms with van der Waals surface area (Å²) in [6.45, 7) is 0. The van der Waals surface area contributed by atoms with Crippen LogP contribution in [0.2, 0.25) is 0 Å². The predicted octanol–water partition coefficient (Wildman–Crippen LogP) is -1.14. The fraction of sp³-hybridized carbons (Fsp3) is 0. The van der Waals surface area contributed by atoms with Crippen molar-refractivity contribution in [2.45, 2.75) is 0 Å². The van der Waals surface area contributed by atoms with Crippen LogP contribution in [0.25, 0.3) is 0 Å². The third kappa shape index (κ3) is 11000. The molecule has 0 saturated carbocycles. The van der Waals surface area contributed by atoms with Crippen molar-refractivity contribution in [3.63, 3.8) is 0 Å². The summed E-state index contributed by atoms with van der Waals surface area (Å²) in [5.41, 5.74) is 0. The molecule has 0 aromatic carbocycles. The van der Waals surface area contributed by atoms with Gasteiger partial charge in [-0.2, -0.15) is 0 Å². The van der Waals surface area contributed by atoms with E-state index in [1.54, 1.807) is 0 Å². The van der Waals surface area contributed by atoms with Crippen molar-refractivity contribution in [3.8, 4) is 0 Å². The molecule has 0 atom stereocenters. The molecular weight excluding hydrogens is 339 g/mol. The summed E-state index contributed by atoms with van der Waals surface area (Å²) in [6.07, 6.45) is 0. The molecule has 0 aliphatic heterocycles. The van der Waals surface area contributed by atoms with Gasteiger partial charge in [0.1, 0.15) is 0 Å². The van der Waals surface area contributed by atoms with Crippen molar-refractivity contribution in [3.05, 3.63) is 0 Å². The Balaban J connectivity index is -0.0000000847. The molecule has 0 unspecified atom stereocenters.